The highest BCUT2D eigenvalue weighted by Gasteiger charge is 2.36. The summed E-state index contributed by atoms with van der Waals surface area (Å²) in [6, 6.07) is 26.8. The second-order valence-corrected chi connectivity index (χ2v) is 14.5. The van der Waals surface area contributed by atoms with E-state index in [1.807, 2.05) is 37.3 Å². The summed E-state index contributed by atoms with van der Waals surface area (Å²) >= 11 is 3.35. The van der Waals surface area contributed by atoms with Gasteiger partial charge in [0.25, 0.3) is 10.0 Å². The number of ether oxygens (including phenoxy) is 1. The van der Waals surface area contributed by atoms with Gasteiger partial charge in [-0.1, -0.05) is 77.3 Å². The lowest BCUT2D eigenvalue weighted by Gasteiger charge is -2.34. The molecule has 0 spiro atoms. The summed E-state index contributed by atoms with van der Waals surface area (Å²) < 4.78 is 50.9. The topological polar surface area (TPSA) is 96.0 Å². The number of carbonyl (C=O) groups excluding carboxylic acids is 2. The van der Waals surface area contributed by atoms with Crippen molar-refractivity contribution in [3.63, 3.8) is 0 Å². The van der Waals surface area contributed by atoms with E-state index in [0.29, 0.717) is 16.8 Å². The van der Waals surface area contributed by atoms with Crippen molar-refractivity contribution in [2.24, 2.45) is 0 Å². The number of hydrogen-bond acceptors (Lipinski definition) is 5. The zero-order chi connectivity index (χ0) is 34.1. The molecule has 11 heteroatoms. The van der Waals surface area contributed by atoms with Crippen molar-refractivity contribution < 1.29 is 27.1 Å². The average Bonchev–Trinajstić information content (AvgIpc) is 3.60. The third-order valence-electron chi connectivity index (χ3n) is 8.39. The normalized spacial score (nSPS) is 13.9. The van der Waals surface area contributed by atoms with E-state index in [0.717, 1.165) is 35.6 Å². The first-order valence-corrected chi connectivity index (χ1v) is 18.3. The van der Waals surface area contributed by atoms with E-state index in [1.165, 1.54) is 23.1 Å². The maximum Gasteiger partial charge on any atom is 0.264 e. The summed E-state index contributed by atoms with van der Waals surface area (Å²) in [6.45, 7) is 1.39. The second kappa shape index (κ2) is 16.3. The Kier molecular flexibility index (Phi) is 11.9. The molecule has 0 aliphatic heterocycles. The molecule has 1 fully saturated rings. The molecule has 0 bridgehead atoms. The molecule has 0 saturated heterocycles. The van der Waals surface area contributed by atoms with Gasteiger partial charge in [0.2, 0.25) is 11.8 Å². The minimum absolute atomic E-state index is 0.0205. The Bertz CT molecular complexity index is 1780. The van der Waals surface area contributed by atoms with E-state index in [4.69, 9.17) is 4.74 Å². The Morgan fingerprint density at radius 3 is 2.21 bits per heavy atom. The Hall–Kier alpha value is -4.22. The van der Waals surface area contributed by atoms with Crippen LogP contribution < -0.4 is 14.4 Å². The Morgan fingerprint density at radius 2 is 1.56 bits per heavy atom. The Labute approximate surface area is 290 Å². The van der Waals surface area contributed by atoms with Crippen molar-refractivity contribution in [1.82, 2.24) is 10.2 Å². The number of nitrogens with one attached hydrogen (secondary N) is 1. The largest absolute Gasteiger partial charge is 0.494 e. The molecule has 1 atom stereocenters. The van der Waals surface area contributed by atoms with Crippen LogP contribution in [0.15, 0.2) is 112 Å². The van der Waals surface area contributed by atoms with Crippen molar-refractivity contribution in [3.05, 3.63) is 125 Å². The van der Waals surface area contributed by atoms with Crippen LogP contribution in [0, 0.1) is 5.82 Å². The number of halogens is 2. The molecule has 1 N–H and O–H groups in total. The van der Waals surface area contributed by atoms with Gasteiger partial charge in [-0.3, -0.25) is 13.9 Å². The fourth-order valence-corrected chi connectivity index (χ4v) is 7.55. The van der Waals surface area contributed by atoms with Gasteiger partial charge < -0.3 is 15.0 Å². The van der Waals surface area contributed by atoms with E-state index < -0.39 is 34.3 Å². The first kappa shape index (κ1) is 35.1. The van der Waals surface area contributed by atoms with Crippen LogP contribution in [0.4, 0.5) is 10.1 Å². The number of hydrogen-bond donors (Lipinski definition) is 1. The molecule has 0 aromatic heterocycles. The van der Waals surface area contributed by atoms with Crippen molar-refractivity contribution in [2.45, 2.75) is 62.6 Å². The van der Waals surface area contributed by atoms with Crippen LogP contribution in [-0.2, 0) is 32.6 Å². The molecule has 4 aromatic rings. The third-order valence-corrected chi connectivity index (χ3v) is 10.7. The van der Waals surface area contributed by atoms with Gasteiger partial charge in [-0.05, 0) is 79.9 Å². The number of carbonyl (C=O) groups is 2. The highest BCUT2D eigenvalue weighted by molar-refractivity contribution is 9.10. The SMILES string of the molecule is CCOc1ccc(N(CC(=O)N(Cc2ccccc2F)C(Cc2ccccc2)C(=O)NC2CCCC2)S(=O)(=O)c2ccc(Br)cc2)cc1. The molecule has 0 radical (unpaired) electrons. The van der Waals surface area contributed by atoms with Crippen molar-refractivity contribution >= 4 is 43.5 Å². The van der Waals surface area contributed by atoms with Gasteiger partial charge in [-0.15, -0.1) is 0 Å². The predicted octanol–water partition coefficient (Wildman–Crippen LogP) is 6.88. The van der Waals surface area contributed by atoms with Gasteiger partial charge in [0.1, 0.15) is 24.2 Å². The number of nitrogens with zero attached hydrogens (tertiary/aromatic N) is 2. The van der Waals surface area contributed by atoms with Gasteiger partial charge in [-0.2, -0.15) is 0 Å². The molecule has 0 heterocycles. The van der Waals surface area contributed by atoms with E-state index in [-0.39, 0.29) is 41.1 Å². The van der Waals surface area contributed by atoms with Gasteiger partial charge in [-0.25, -0.2) is 12.8 Å². The number of anilines is 1. The standard InChI is InChI=1S/C37H39BrFN3O5S/c1-2-47-32-20-18-31(19-21-32)42(48(45,46)33-22-16-29(38)17-23-33)26-36(43)41(25-28-12-6-9-15-34(28)39)35(24-27-10-4-3-5-11-27)37(44)40-30-13-7-8-14-30/h3-6,9-12,15-23,30,35H,2,7-8,13-14,24-26H2,1H3,(H,40,44). The molecule has 1 aliphatic carbocycles. The fraction of sp³-hybridized carbons (Fsp3) is 0.297. The lowest BCUT2D eigenvalue weighted by molar-refractivity contribution is -0.140. The van der Waals surface area contributed by atoms with Crippen molar-refractivity contribution in [2.75, 3.05) is 17.5 Å². The van der Waals surface area contributed by atoms with E-state index in [2.05, 4.69) is 21.2 Å². The fourth-order valence-electron chi connectivity index (χ4n) is 5.87. The van der Waals surface area contributed by atoms with Crippen LogP contribution >= 0.6 is 15.9 Å². The van der Waals surface area contributed by atoms with Crippen molar-refractivity contribution in [1.29, 1.82) is 0 Å². The van der Waals surface area contributed by atoms with E-state index in [1.54, 1.807) is 54.6 Å². The number of rotatable bonds is 14. The van der Waals surface area contributed by atoms with Gasteiger partial charge >= 0.3 is 0 Å². The zero-order valence-electron chi connectivity index (χ0n) is 26.7. The molecular weight excluding hydrogens is 697 g/mol. The van der Waals surface area contributed by atoms with Crippen LogP contribution in [0.3, 0.4) is 0 Å². The summed E-state index contributed by atoms with van der Waals surface area (Å²) in [7, 11) is -4.28. The van der Waals surface area contributed by atoms with Crippen LogP contribution in [0.25, 0.3) is 0 Å². The highest BCUT2D eigenvalue weighted by Crippen LogP contribution is 2.28. The summed E-state index contributed by atoms with van der Waals surface area (Å²) in [6.07, 6.45) is 3.82. The molecule has 4 aromatic carbocycles. The monoisotopic (exact) mass is 735 g/mol. The van der Waals surface area contributed by atoms with Crippen LogP contribution in [0.2, 0.25) is 0 Å². The minimum Gasteiger partial charge on any atom is -0.494 e. The third kappa shape index (κ3) is 8.82. The molecule has 2 amide bonds. The van der Waals surface area contributed by atoms with Crippen LogP contribution in [0.1, 0.15) is 43.7 Å². The van der Waals surface area contributed by atoms with Gasteiger partial charge in [0.15, 0.2) is 0 Å². The average molecular weight is 737 g/mol. The molecule has 48 heavy (non-hydrogen) atoms. The predicted molar refractivity (Wildman–Crippen MR) is 188 cm³/mol. The minimum atomic E-state index is -4.28. The maximum atomic E-state index is 15.1. The smallest absolute Gasteiger partial charge is 0.264 e. The molecule has 8 nitrogen and oxygen atoms in total. The van der Waals surface area contributed by atoms with Crippen LogP contribution in [0.5, 0.6) is 5.75 Å². The first-order valence-electron chi connectivity index (χ1n) is 16.0. The lowest BCUT2D eigenvalue weighted by atomic mass is 10.0. The molecule has 1 saturated carbocycles. The lowest BCUT2D eigenvalue weighted by Crippen LogP contribution is -2.54. The molecule has 1 unspecified atom stereocenters. The summed E-state index contributed by atoms with van der Waals surface area (Å²) in [4.78, 5) is 30.0. The van der Waals surface area contributed by atoms with E-state index in [9.17, 15) is 18.0 Å². The Balaban J connectivity index is 1.57. The number of amides is 2. The first-order chi connectivity index (χ1) is 23.2. The summed E-state index contributed by atoms with van der Waals surface area (Å²) in [5.41, 5.74) is 1.25. The Morgan fingerprint density at radius 1 is 0.917 bits per heavy atom. The molecule has 5 rings (SSSR count). The number of benzene rings is 4. The zero-order valence-corrected chi connectivity index (χ0v) is 29.1. The van der Waals surface area contributed by atoms with Gasteiger partial charge in [0, 0.05) is 29.0 Å². The van der Waals surface area contributed by atoms with Crippen LogP contribution in [-0.4, -0.2) is 50.4 Å². The molecular formula is C37H39BrFN3O5S. The second-order valence-electron chi connectivity index (χ2n) is 11.7. The summed E-state index contributed by atoms with van der Waals surface area (Å²) in [5.74, 6) is -1.01. The molecule has 1 aliphatic rings. The highest BCUT2D eigenvalue weighted by atomic mass is 79.9. The number of sulfonamides is 1. The quantitative estimate of drug-likeness (QED) is 0.152. The maximum absolute atomic E-state index is 15.1. The summed E-state index contributed by atoms with van der Waals surface area (Å²) in [5, 5.41) is 3.12. The van der Waals surface area contributed by atoms with Gasteiger partial charge in [0.05, 0.1) is 17.2 Å². The van der Waals surface area contributed by atoms with E-state index >= 15 is 4.39 Å². The molecule has 252 valence electrons. The van der Waals surface area contributed by atoms with Crippen molar-refractivity contribution in [3.8, 4) is 5.75 Å².